The summed E-state index contributed by atoms with van der Waals surface area (Å²) in [5.74, 6) is 0.493. The fourth-order valence-corrected chi connectivity index (χ4v) is 3.67. The van der Waals surface area contributed by atoms with Gasteiger partial charge in [0.2, 0.25) is 0 Å². The van der Waals surface area contributed by atoms with Crippen LogP contribution in [0.25, 0.3) is 10.2 Å². The van der Waals surface area contributed by atoms with Gasteiger partial charge in [0.15, 0.2) is 0 Å². The van der Waals surface area contributed by atoms with Crippen molar-refractivity contribution in [3.63, 3.8) is 0 Å². The average Bonchev–Trinajstić information content (AvgIpc) is 3.05. The number of nitrogens with one attached hydrogen (secondary N) is 1. The third kappa shape index (κ3) is 2.37. The van der Waals surface area contributed by atoms with Crippen LogP contribution in [-0.2, 0) is 12.8 Å². The number of hydrogen-bond donors (Lipinski definition) is 2. The number of carbonyl (C=O) groups excluding carboxylic acids is 1. The molecule has 0 aromatic carbocycles. The zero-order chi connectivity index (χ0) is 15.1. The number of rotatable bonds is 4. The molecule has 2 aromatic rings. The van der Waals surface area contributed by atoms with E-state index in [2.05, 4.69) is 36.3 Å². The Hall–Kier alpha value is -1.69. The summed E-state index contributed by atoms with van der Waals surface area (Å²) >= 11 is 1.34. The molecule has 2 aromatic heterocycles. The number of hydrogen-bond acceptors (Lipinski definition) is 5. The number of nitrogens with zero attached hydrogens (tertiary/aromatic N) is 2. The number of aromatic nitrogens is 2. The van der Waals surface area contributed by atoms with Crippen LogP contribution in [-0.4, -0.2) is 22.1 Å². The Morgan fingerprint density at radius 2 is 2.10 bits per heavy atom. The molecule has 2 atom stereocenters. The Bertz CT molecular complexity index is 709. The maximum atomic E-state index is 12.4. The molecule has 2 unspecified atom stereocenters. The summed E-state index contributed by atoms with van der Waals surface area (Å²) < 4.78 is 0. The van der Waals surface area contributed by atoms with Crippen LogP contribution in [0.5, 0.6) is 0 Å². The van der Waals surface area contributed by atoms with E-state index in [1.807, 2.05) is 0 Å². The van der Waals surface area contributed by atoms with Crippen LogP contribution in [0.4, 0.5) is 5.69 Å². The Kier molecular flexibility index (Phi) is 3.57. The predicted octanol–water partition coefficient (Wildman–Crippen LogP) is 2.54. The molecule has 5 nitrogen and oxygen atoms in total. The smallest absolute Gasteiger partial charge is 0.263 e. The van der Waals surface area contributed by atoms with Crippen molar-refractivity contribution in [2.45, 2.75) is 46.1 Å². The monoisotopic (exact) mass is 304 g/mol. The summed E-state index contributed by atoms with van der Waals surface area (Å²) in [7, 11) is 0. The van der Waals surface area contributed by atoms with Crippen molar-refractivity contribution in [1.29, 1.82) is 0 Å². The molecule has 1 saturated carbocycles. The molecule has 0 aliphatic heterocycles. The molecule has 0 saturated heterocycles. The highest BCUT2D eigenvalue weighted by Crippen LogP contribution is 2.36. The number of anilines is 1. The van der Waals surface area contributed by atoms with Crippen LogP contribution in [0.15, 0.2) is 0 Å². The van der Waals surface area contributed by atoms with Gasteiger partial charge in [-0.05, 0) is 30.7 Å². The van der Waals surface area contributed by atoms with Gasteiger partial charge in [-0.25, -0.2) is 0 Å². The van der Waals surface area contributed by atoms with Crippen molar-refractivity contribution < 1.29 is 4.79 Å². The molecule has 0 spiro atoms. The van der Waals surface area contributed by atoms with E-state index in [0.717, 1.165) is 40.7 Å². The second-order valence-electron chi connectivity index (χ2n) is 5.65. The second kappa shape index (κ2) is 5.26. The maximum absolute atomic E-state index is 12.4. The van der Waals surface area contributed by atoms with Gasteiger partial charge in [-0.1, -0.05) is 20.8 Å². The summed E-state index contributed by atoms with van der Waals surface area (Å²) in [6, 6.07) is 0.296. The largest absolute Gasteiger partial charge is 0.397 e. The van der Waals surface area contributed by atoms with Crippen LogP contribution < -0.4 is 11.1 Å². The molecule has 1 fully saturated rings. The van der Waals surface area contributed by atoms with Gasteiger partial charge in [-0.15, -0.1) is 16.4 Å². The summed E-state index contributed by atoms with van der Waals surface area (Å²) in [6.07, 6.45) is 2.72. The minimum Gasteiger partial charge on any atom is -0.397 e. The zero-order valence-electron chi connectivity index (χ0n) is 12.6. The van der Waals surface area contributed by atoms with Crippen molar-refractivity contribution >= 4 is 33.1 Å². The lowest BCUT2D eigenvalue weighted by Gasteiger charge is -2.06. The van der Waals surface area contributed by atoms with Gasteiger partial charge < -0.3 is 11.1 Å². The fourth-order valence-electron chi connectivity index (χ4n) is 2.69. The van der Waals surface area contributed by atoms with Crippen LogP contribution in [0.1, 0.15) is 48.1 Å². The molecule has 3 rings (SSSR count). The quantitative estimate of drug-likeness (QED) is 0.909. The Labute approximate surface area is 127 Å². The minimum absolute atomic E-state index is 0.0787. The van der Waals surface area contributed by atoms with E-state index in [-0.39, 0.29) is 5.91 Å². The highest BCUT2D eigenvalue weighted by molar-refractivity contribution is 7.21. The van der Waals surface area contributed by atoms with Crippen molar-refractivity contribution in [3.8, 4) is 0 Å². The number of carbonyl (C=O) groups is 1. The van der Waals surface area contributed by atoms with E-state index in [4.69, 9.17) is 5.73 Å². The molecule has 0 bridgehead atoms. The number of thiophene rings is 1. The first-order valence-corrected chi connectivity index (χ1v) is 8.25. The SMILES string of the molecule is CCc1nnc2sc(C(=O)NC3CC3C)c(N)c2c1CC. The Morgan fingerprint density at radius 1 is 1.38 bits per heavy atom. The summed E-state index contributed by atoms with van der Waals surface area (Å²) in [5, 5.41) is 12.5. The third-order valence-corrected chi connectivity index (χ3v) is 5.25. The average molecular weight is 304 g/mol. The minimum atomic E-state index is -0.0787. The molecule has 2 heterocycles. The highest BCUT2D eigenvalue weighted by Gasteiger charge is 2.35. The summed E-state index contributed by atoms with van der Waals surface area (Å²) in [4.78, 5) is 13.7. The van der Waals surface area contributed by atoms with Crippen molar-refractivity contribution in [2.75, 3.05) is 5.73 Å². The maximum Gasteiger partial charge on any atom is 0.263 e. The molecular weight excluding hydrogens is 284 g/mol. The van der Waals surface area contributed by atoms with Crippen LogP contribution >= 0.6 is 11.3 Å². The Morgan fingerprint density at radius 3 is 2.67 bits per heavy atom. The first-order chi connectivity index (χ1) is 10.1. The van der Waals surface area contributed by atoms with E-state index < -0.39 is 0 Å². The van der Waals surface area contributed by atoms with E-state index in [1.54, 1.807) is 0 Å². The zero-order valence-corrected chi connectivity index (χ0v) is 13.4. The van der Waals surface area contributed by atoms with Gasteiger partial charge in [0.05, 0.1) is 11.4 Å². The fraction of sp³-hybridized carbons (Fsp3) is 0.533. The molecule has 1 amide bonds. The first-order valence-electron chi connectivity index (χ1n) is 7.44. The number of amides is 1. The van der Waals surface area contributed by atoms with E-state index in [1.165, 1.54) is 11.3 Å². The highest BCUT2D eigenvalue weighted by atomic mass is 32.1. The number of nitrogen functional groups attached to an aromatic ring is 1. The standard InChI is InChI=1S/C15H20N4OS/c1-4-8-9(5-2)18-19-15-11(8)12(16)13(21-15)14(20)17-10-6-7(10)3/h7,10H,4-6,16H2,1-3H3,(H,17,20). The molecular formula is C15H20N4OS. The second-order valence-corrected chi connectivity index (χ2v) is 6.65. The van der Waals surface area contributed by atoms with Gasteiger partial charge in [-0.2, -0.15) is 5.10 Å². The van der Waals surface area contributed by atoms with Crippen molar-refractivity contribution in [1.82, 2.24) is 15.5 Å². The molecule has 112 valence electrons. The lowest BCUT2D eigenvalue weighted by molar-refractivity contribution is 0.0954. The van der Waals surface area contributed by atoms with Gasteiger partial charge in [0, 0.05) is 11.4 Å². The molecule has 0 radical (unpaired) electrons. The summed E-state index contributed by atoms with van der Waals surface area (Å²) in [5.41, 5.74) is 8.90. The van der Waals surface area contributed by atoms with Gasteiger partial charge >= 0.3 is 0 Å². The van der Waals surface area contributed by atoms with Crippen LogP contribution in [0, 0.1) is 5.92 Å². The molecule has 6 heteroatoms. The third-order valence-electron chi connectivity index (χ3n) is 4.16. The molecule has 3 N–H and O–H groups in total. The lowest BCUT2D eigenvalue weighted by Crippen LogP contribution is -2.26. The number of fused-ring (bicyclic) bond motifs is 1. The number of aryl methyl sites for hydroxylation is 2. The van der Waals surface area contributed by atoms with Crippen LogP contribution in [0.2, 0.25) is 0 Å². The normalized spacial score (nSPS) is 20.7. The molecule has 1 aliphatic rings. The van der Waals surface area contributed by atoms with Gasteiger partial charge in [0.25, 0.3) is 5.91 Å². The molecule has 21 heavy (non-hydrogen) atoms. The Balaban J connectivity index is 2.04. The van der Waals surface area contributed by atoms with Crippen LogP contribution in [0.3, 0.4) is 0 Å². The van der Waals surface area contributed by atoms with Crippen molar-refractivity contribution in [3.05, 3.63) is 16.1 Å². The van der Waals surface area contributed by atoms with Crippen molar-refractivity contribution in [2.24, 2.45) is 5.92 Å². The van der Waals surface area contributed by atoms with E-state index in [0.29, 0.717) is 22.5 Å². The molecule has 1 aliphatic carbocycles. The first kappa shape index (κ1) is 14.3. The topological polar surface area (TPSA) is 80.9 Å². The van der Waals surface area contributed by atoms with Gasteiger partial charge in [-0.3, -0.25) is 4.79 Å². The van der Waals surface area contributed by atoms with Gasteiger partial charge in [0.1, 0.15) is 9.71 Å². The predicted molar refractivity (Wildman–Crippen MR) is 85.6 cm³/mol. The van der Waals surface area contributed by atoms with E-state index >= 15 is 0 Å². The lowest BCUT2D eigenvalue weighted by atomic mass is 10.1. The summed E-state index contributed by atoms with van der Waals surface area (Å²) in [6.45, 7) is 6.27. The number of nitrogens with two attached hydrogens (primary N) is 1. The van der Waals surface area contributed by atoms with E-state index in [9.17, 15) is 4.79 Å².